The summed E-state index contributed by atoms with van der Waals surface area (Å²) in [6.07, 6.45) is 9.20. The fourth-order valence-electron chi connectivity index (χ4n) is 4.70. The number of nitrogens with one attached hydrogen (secondary N) is 1. The normalized spacial score (nSPS) is 12.8. The zero-order valence-electron chi connectivity index (χ0n) is 20.2. The number of carbonyl (C=O) groups excluding carboxylic acids is 1. The Morgan fingerprint density at radius 3 is 2.00 bits per heavy atom. The number of hydrogen-bond acceptors (Lipinski definition) is 2. The summed E-state index contributed by atoms with van der Waals surface area (Å²) in [5.41, 5.74) is 6.00. The smallest absolute Gasteiger partial charge is 0.220 e. The van der Waals surface area contributed by atoms with Gasteiger partial charge in [-0.3, -0.25) is 9.69 Å². The lowest BCUT2D eigenvalue weighted by Crippen LogP contribution is -2.30. The summed E-state index contributed by atoms with van der Waals surface area (Å²) in [7, 11) is 0. The molecule has 0 unspecified atom stereocenters. The summed E-state index contributed by atoms with van der Waals surface area (Å²) in [5, 5.41) is 3.34. The van der Waals surface area contributed by atoms with Crippen molar-refractivity contribution < 1.29 is 4.79 Å². The van der Waals surface area contributed by atoms with E-state index in [2.05, 4.69) is 108 Å². The van der Waals surface area contributed by atoms with Crippen molar-refractivity contribution in [2.75, 3.05) is 13.1 Å². The first-order valence-corrected chi connectivity index (χ1v) is 12.7. The molecule has 1 amide bonds. The predicted molar refractivity (Wildman–Crippen MR) is 142 cm³/mol. The quantitative estimate of drug-likeness (QED) is 0.323. The van der Waals surface area contributed by atoms with Crippen molar-refractivity contribution in [3.8, 4) is 0 Å². The third-order valence-electron chi connectivity index (χ3n) is 6.57. The Hall–Kier alpha value is -3.17. The van der Waals surface area contributed by atoms with Crippen LogP contribution < -0.4 is 5.32 Å². The Bertz CT molecular complexity index is 1040. The summed E-state index contributed by atoms with van der Waals surface area (Å²) in [6.45, 7) is 5.36. The SMILES string of the molecule is CCCCN(CCCCC(=O)NC1c2ccccc2C=Cc2ccccc21)Cc1ccccc1. The van der Waals surface area contributed by atoms with Crippen LogP contribution in [0.15, 0.2) is 78.9 Å². The highest BCUT2D eigenvalue weighted by molar-refractivity contribution is 5.80. The highest BCUT2D eigenvalue weighted by Crippen LogP contribution is 2.32. The third-order valence-corrected chi connectivity index (χ3v) is 6.57. The molecule has 1 N–H and O–H groups in total. The van der Waals surface area contributed by atoms with Crippen molar-refractivity contribution in [1.29, 1.82) is 0 Å². The first-order valence-electron chi connectivity index (χ1n) is 12.7. The molecule has 34 heavy (non-hydrogen) atoms. The molecule has 0 saturated carbocycles. The summed E-state index contributed by atoms with van der Waals surface area (Å²) in [6, 6.07) is 27.3. The number of carbonyl (C=O) groups is 1. The molecule has 0 atom stereocenters. The highest BCUT2D eigenvalue weighted by atomic mass is 16.1. The van der Waals surface area contributed by atoms with Crippen LogP contribution in [0.2, 0.25) is 0 Å². The first kappa shape index (κ1) is 24.0. The number of hydrogen-bond donors (Lipinski definition) is 1. The lowest BCUT2D eigenvalue weighted by atomic mass is 9.94. The molecular formula is C31H36N2O. The van der Waals surface area contributed by atoms with Crippen LogP contribution in [0.25, 0.3) is 12.2 Å². The number of rotatable bonds is 11. The Kier molecular flexibility index (Phi) is 8.70. The molecule has 0 spiro atoms. The van der Waals surface area contributed by atoms with Crippen LogP contribution in [0.3, 0.4) is 0 Å². The lowest BCUT2D eigenvalue weighted by Gasteiger charge is -2.23. The van der Waals surface area contributed by atoms with Crippen LogP contribution in [0.1, 0.15) is 72.9 Å². The first-order chi connectivity index (χ1) is 16.7. The zero-order chi connectivity index (χ0) is 23.6. The molecule has 0 heterocycles. The van der Waals surface area contributed by atoms with Crippen molar-refractivity contribution in [2.24, 2.45) is 0 Å². The molecule has 0 fully saturated rings. The van der Waals surface area contributed by atoms with Gasteiger partial charge in [0.2, 0.25) is 5.91 Å². The maximum atomic E-state index is 13.0. The van der Waals surface area contributed by atoms with Gasteiger partial charge < -0.3 is 5.32 Å². The Morgan fingerprint density at radius 2 is 1.35 bits per heavy atom. The number of fused-ring (bicyclic) bond motifs is 2. The molecule has 3 heteroatoms. The summed E-state index contributed by atoms with van der Waals surface area (Å²) in [4.78, 5) is 15.5. The molecule has 0 aliphatic heterocycles. The van der Waals surface area contributed by atoms with Crippen molar-refractivity contribution >= 4 is 18.1 Å². The van der Waals surface area contributed by atoms with Gasteiger partial charge in [-0.2, -0.15) is 0 Å². The minimum absolute atomic E-state index is 0.117. The molecule has 3 nitrogen and oxygen atoms in total. The van der Waals surface area contributed by atoms with Gasteiger partial charge in [0.05, 0.1) is 6.04 Å². The van der Waals surface area contributed by atoms with Gasteiger partial charge in [0.15, 0.2) is 0 Å². The van der Waals surface area contributed by atoms with Crippen LogP contribution in [0, 0.1) is 0 Å². The van der Waals surface area contributed by atoms with Gasteiger partial charge in [0.1, 0.15) is 0 Å². The molecule has 0 aromatic heterocycles. The van der Waals surface area contributed by atoms with E-state index >= 15 is 0 Å². The Balaban J connectivity index is 1.33. The average Bonchev–Trinajstić information content (AvgIpc) is 3.03. The van der Waals surface area contributed by atoms with Gasteiger partial charge in [0.25, 0.3) is 0 Å². The number of amides is 1. The number of unbranched alkanes of at least 4 members (excludes halogenated alkanes) is 2. The Morgan fingerprint density at radius 1 is 0.765 bits per heavy atom. The van der Waals surface area contributed by atoms with E-state index in [-0.39, 0.29) is 11.9 Å². The maximum absolute atomic E-state index is 13.0. The standard InChI is InChI=1S/C31H36N2O/c1-2-3-22-33(24-25-13-5-4-6-14-25)23-12-11-19-30(34)32-31-28-17-9-7-15-26(28)20-21-27-16-8-10-18-29(27)31/h4-10,13-18,20-21,31H,2-3,11-12,19,22-24H2,1H3,(H,32,34). The second-order valence-electron chi connectivity index (χ2n) is 9.16. The molecule has 3 aromatic carbocycles. The second kappa shape index (κ2) is 12.3. The summed E-state index contributed by atoms with van der Waals surface area (Å²) in [5.74, 6) is 0.125. The number of nitrogens with zero attached hydrogens (tertiary/aromatic N) is 1. The molecule has 0 radical (unpaired) electrons. The predicted octanol–water partition coefficient (Wildman–Crippen LogP) is 6.85. The van der Waals surface area contributed by atoms with Gasteiger partial charge in [-0.15, -0.1) is 0 Å². The third kappa shape index (κ3) is 6.45. The summed E-state index contributed by atoms with van der Waals surface area (Å²) >= 11 is 0. The van der Waals surface area contributed by atoms with E-state index in [4.69, 9.17) is 0 Å². The topological polar surface area (TPSA) is 32.3 Å². The zero-order valence-corrected chi connectivity index (χ0v) is 20.2. The fourth-order valence-corrected chi connectivity index (χ4v) is 4.70. The fraction of sp³-hybridized carbons (Fsp3) is 0.323. The molecule has 3 aromatic rings. The van der Waals surface area contributed by atoms with E-state index in [0.29, 0.717) is 6.42 Å². The molecule has 0 bridgehead atoms. The summed E-state index contributed by atoms with van der Waals surface area (Å²) < 4.78 is 0. The van der Waals surface area contributed by atoms with Crippen LogP contribution in [-0.4, -0.2) is 23.9 Å². The van der Waals surface area contributed by atoms with E-state index < -0.39 is 0 Å². The van der Waals surface area contributed by atoms with E-state index in [1.807, 2.05) is 0 Å². The van der Waals surface area contributed by atoms with Gasteiger partial charge in [-0.05, 0) is 60.2 Å². The van der Waals surface area contributed by atoms with Crippen molar-refractivity contribution in [1.82, 2.24) is 10.2 Å². The molecule has 1 aliphatic rings. The molecule has 176 valence electrons. The van der Waals surface area contributed by atoms with Gasteiger partial charge in [-0.1, -0.05) is 104 Å². The van der Waals surface area contributed by atoms with Crippen LogP contribution in [-0.2, 0) is 11.3 Å². The maximum Gasteiger partial charge on any atom is 0.220 e. The van der Waals surface area contributed by atoms with Gasteiger partial charge >= 0.3 is 0 Å². The number of benzene rings is 3. The minimum Gasteiger partial charge on any atom is -0.345 e. The van der Waals surface area contributed by atoms with E-state index in [0.717, 1.165) is 54.7 Å². The van der Waals surface area contributed by atoms with E-state index in [1.54, 1.807) is 0 Å². The van der Waals surface area contributed by atoms with Gasteiger partial charge in [-0.25, -0.2) is 0 Å². The van der Waals surface area contributed by atoms with Crippen molar-refractivity contribution in [3.05, 3.63) is 107 Å². The van der Waals surface area contributed by atoms with Gasteiger partial charge in [0, 0.05) is 13.0 Å². The second-order valence-corrected chi connectivity index (χ2v) is 9.16. The largest absolute Gasteiger partial charge is 0.345 e. The molecule has 0 saturated heterocycles. The van der Waals surface area contributed by atoms with Crippen LogP contribution in [0.5, 0.6) is 0 Å². The van der Waals surface area contributed by atoms with E-state index in [1.165, 1.54) is 18.4 Å². The van der Waals surface area contributed by atoms with Crippen molar-refractivity contribution in [2.45, 2.75) is 51.6 Å². The van der Waals surface area contributed by atoms with Crippen molar-refractivity contribution in [3.63, 3.8) is 0 Å². The van der Waals surface area contributed by atoms with E-state index in [9.17, 15) is 4.79 Å². The molecule has 4 rings (SSSR count). The monoisotopic (exact) mass is 452 g/mol. The minimum atomic E-state index is -0.117. The average molecular weight is 453 g/mol. The van der Waals surface area contributed by atoms with Crippen LogP contribution >= 0.6 is 0 Å². The lowest BCUT2D eigenvalue weighted by molar-refractivity contribution is -0.121. The highest BCUT2D eigenvalue weighted by Gasteiger charge is 2.22. The molecule has 1 aliphatic carbocycles. The Labute approximate surface area is 204 Å². The molecular weight excluding hydrogens is 416 g/mol. The van der Waals surface area contributed by atoms with Crippen LogP contribution in [0.4, 0.5) is 0 Å².